The van der Waals surface area contributed by atoms with Crippen LogP contribution in [0.3, 0.4) is 0 Å². The monoisotopic (exact) mass is 352 g/mol. The van der Waals surface area contributed by atoms with Crippen LogP contribution in [0.1, 0.15) is 25.7 Å². The number of benzene rings is 2. The van der Waals surface area contributed by atoms with Crippen LogP contribution in [0.15, 0.2) is 48.5 Å². The standard InChI is InChI=1S/C22H25FN2O/c23-20-5-1-3-18(13-20)17-8-10-21(11-9-17)24-22(26)19-4-2-12-25(15-19)14-16-6-7-16/h1,3,5,8-11,13,16,19H,2,4,6-7,12,14-15H2,(H,24,26)/t19-/m0/s1. The maximum Gasteiger partial charge on any atom is 0.228 e. The van der Waals surface area contributed by atoms with Crippen molar-refractivity contribution >= 4 is 11.6 Å². The smallest absolute Gasteiger partial charge is 0.228 e. The highest BCUT2D eigenvalue weighted by molar-refractivity contribution is 5.93. The first-order chi connectivity index (χ1) is 12.7. The van der Waals surface area contributed by atoms with E-state index >= 15 is 0 Å². The molecule has 26 heavy (non-hydrogen) atoms. The molecule has 2 fully saturated rings. The van der Waals surface area contributed by atoms with E-state index in [0.29, 0.717) is 0 Å². The van der Waals surface area contributed by atoms with E-state index in [1.165, 1.54) is 25.0 Å². The number of nitrogens with one attached hydrogen (secondary N) is 1. The number of carbonyl (C=O) groups excluding carboxylic acids is 1. The number of rotatable bonds is 5. The first-order valence-electron chi connectivity index (χ1n) is 9.56. The van der Waals surface area contributed by atoms with Gasteiger partial charge in [0, 0.05) is 18.8 Å². The van der Waals surface area contributed by atoms with Crippen LogP contribution in [0, 0.1) is 17.7 Å². The fourth-order valence-electron chi connectivity index (χ4n) is 3.76. The Morgan fingerprint density at radius 2 is 1.88 bits per heavy atom. The van der Waals surface area contributed by atoms with Gasteiger partial charge in [-0.3, -0.25) is 4.79 Å². The van der Waals surface area contributed by atoms with E-state index in [2.05, 4.69) is 10.2 Å². The summed E-state index contributed by atoms with van der Waals surface area (Å²) in [7, 11) is 0. The van der Waals surface area contributed by atoms with Crippen molar-refractivity contribution in [3.63, 3.8) is 0 Å². The molecule has 1 saturated carbocycles. The van der Waals surface area contributed by atoms with E-state index in [-0.39, 0.29) is 17.6 Å². The van der Waals surface area contributed by atoms with E-state index in [0.717, 1.165) is 55.2 Å². The summed E-state index contributed by atoms with van der Waals surface area (Å²) in [5.41, 5.74) is 2.58. The first-order valence-corrected chi connectivity index (χ1v) is 9.56. The Kier molecular flexibility index (Phi) is 5.02. The summed E-state index contributed by atoms with van der Waals surface area (Å²) in [6.07, 6.45) is 4.77. The zero-order chi connectivity index (χ0) is 17.9. The summed E-state index contributed by atoms with van der Waals surface area (Å²) < 4.78 is 13.4. The molecule has 4 rings (SSSR count). The van der Waals surface area contributed by atoms with Gasteiger partial charge in [-0.15, -0.1) is 0 Å². The van der Waals surface area contributed by atoms with Crippen LogP contribution in [-0.4, -0.2) is 30.4 Å². The number of nitrogens with zero attached hydrogens (tertiary/aromatic N) is 1. The molecular weight excluding hydrogens is 327 g/mol. The van der Waals surface area contributed by atoms with Crippen molar-refractivity contribution in [3.05, 3.63) is 54.3 Å². The number of hydrogen-bond acceptors (Lipinski definition) is 2. The Morgan fingerprint density at radius 3 is 2.62 bits per heavy atom. The lowest BCUT2D eigenvalue weighted by Gasteiger charge is -2.32. The maximum absolute atomic E-state index is 13.4. The number of carbonyl (C=O) groups is 1. The number of amides is 1. The SMILES string of the molecule is O=C(Nc1ccc(-c2cccc(F)c2)cc1)[C@H]1CCCN(CC2CC2)C1. The van der Waals surface area contributed by atoms with E-state index in [1.807, 2.05) is 30.3 Å². The summed E-state index contributed by atoms with van der Waals surface area (Å²) in [6, 6.07) is 14.2. The number of anilines is 1. The predicted molar refractivity (Wildman–Crippen MR) is 102 cm³/mol. The van der Waals surface area contributed by atoms with E-state index in [9.17, 15) is 9.18 Å². The highest BCUT2D eigenvalue weighted by Crippen LogP contribution is 2.31. The zero-order valence-electron chi connectivity index (χ0n) is 15.0. The maximum atomic E-state index is 13.4. The van der Waals surface area contributed by atoms with E-state index in [1.54, 1.807) is 6.07 Å². The van der Waals surface area contributed by atoms with Crippen LogP contribution in [0.25, 0.3) is 11.1 Å². The summed E-state index contributed by atoms with van der Waals surface area (Å²) in [5.74, 6) is 0.814. The second-order valence-electron chi connectivity index (χ2n) is 7.62. The quantitative estimate of drug-likeness (QED) is 0.856. The third-order valence-corrected chi connectivity index (χ3v) is 5.40. The molecule has 2 aliphatic rings. The second kappa shape index (κ2) is 7.58. The molecule has 136 valence electrons. The summed E-state index contributed by atoms with van der Waals surface area (Å²) >= 11 is 0. The normalized spacial score (nSPS) is 20.7. The zero-order valence-corrected chi connectivity index (χ0v) is 15.0. The van der Waals surface area contributed by atoms with Crippen molar-refractivity contribution in [1.82, 2.24) is 4.90 Å². The predicted octanol–water partition coefficient (Wildman–Crippen LogP) is 4.55. The molecule has 0 unspecified atom stereocenters. The number of halogens is 1. The van der Waals surface area contributed by atoms with Crippen LogP contribution in [0.2, 0.25) is 0 Å². The van der Waals surface area contributed by atoms with Gasteiger partial charge in [0.15, 0.2) is 0 Å². The summed E-state index contributed by atoms with van der Waals surface area (Å²) in [5, 5.41) is 3.05. The molecule has 1 aliphatic carbocycles. The lowest BCUT2D eigenvalue weighted by molar-refractivity contribution is -0.121. The lowest BCUT2D eigenvalue weighted by Crippen LogP contribution is -2.41. The molecule has 2 aromatic rings. The van der Waals surface area contributed by atoms with Crippen molar-refractivity contribution in [3.8, 4) is 11.1 Å². The molecule has 4 heteroatoms. The summed E-state index contributed by atoms with van der Waals surface area (Å²) in [6.45, 7) is 3.17. The molecule has 1 amide bonds. The van der Waals surface area contributed by atoms with Crippen molar-refractivity contribution in [2.45, 2.75) is 25.7 Å². The van der Waals surface area contributed by atoms with Crippen LogP contribution >= 0.6 is 0 Å². The van der Waals surface area contributed by atoms with Gasteiger partial charge in [0.1, 0.15) is 5.82 Å². The van der Waals surface area contributed by atoms with Crippen LogP contribution in [-0.2, 0) is 4.79 Å². The lowest BCUT2D eigenvalue weighted by atomic mass is 9.96. The van der Waals surface area contributed by atoms with Gasteiger partial charge in [-0.25, -0.2) is 4.39 Å². The second-order valence-corrected chi connectivity index (χ2v) is 7.62. The molecule has 0 bridgehead atoms. The molecule has 3 nitrogen and oxygen atoms in total. The molecule has 1 N–H and O–H groups in total. The van der Waals surface area contributed by atoms with Crippen molar-refractivity contribution < 1.29 is 9.18 Å². The largest absolute Gasteiger partial charge is 0.326 e. The van der Waals surface area contributed by atoms with Crippen molar-refractivity contribution in [1.29, 1.82) is 0 Å². The van der Waals surface area contributed by atoms with Gasteiger partial charge in [-0.05, 0) is 73.5 Å². The van der Waals surface area contributed by atoms with Gasteiger partial charge in [-0.2, -0.15) is 0 Å². The molecular formula is C22H25FN2O. The molecule has 1 aliphatic heterocycles. The Bertz CT molecular complexity index is 770. The summed E-state index contributed by atoms with van der Waals surface area (Å²) in [4.78, 5) is 15.1. The van der Waals surface area contributed by atoms with Crippen LogP contribution < -0.4 is 5.32 Å². The minimum Gasteiger partial charge on any atom is -0.326 e. The average Bonchev–Trinajstić information content (AvgIpc) is 3.46. The third-order valence-electron chi connectivity index (χ3n) is 5.40. The molecule has 0 aromatic heterocycles. The molecule has 1 saturated heterocycles. The Hall–Kier alpha value is -2.20. The van der Waals surface area contributed by atoms with E-state index in [4.69, 9.17) is 0 Å². The van der Waals surface area contributed by atoms with Crippen molar-refractivity contribution in [2.75, 3.05) is 25.0 Å². The third kappa shape index (κ3) is 4.31. The van der Waals surface area contributed by atoms with Crippen LogP contribution in [0.5, 0.6) is 0 Å². The fraction of sp³-hybridized carbons (Fsp3) is 0.409. The van der Waals surface area contributed by atoms with E-state index < -0.39 is 0 Å². The van der Waals surface area contributed by atoms with Gasteiger partial charge in [0.2, 0.25) is 5.91 Å². The van der Waals surface area contributed by atoms with Gasteiger partial charge < -0.3 is 10.2 Å². The molecule has 0 spiro atoms. The van der Waals surface area contributed by atoms with Gasteiger partial charge >= 0.3 is 0 Å². The number of hydrogen-bond donors (Lipinski definition) is 1. The topological polar surface area (TPSA) is 32.3 Å². The Morgan fingerprint density at radius 1 is 1.08 bits per heavy atom. The number of likely N-dealkylation sites (tertiary alicyclic amines) is 1. The minimum absolute atomic E-state index is 0.0744. The minimum atomic E-state index is -0.243. The molecule has 2 aromatic carbocycles. The molecule has 1 atom stereocenters. The first kappa shape index (κ1) is 17.2. The van der Waals surface area contributed by atoms with Gasteiger partial charge in [0.25, 0.3) is 0 Å². The van der Waals surface area contributed by atoms with Gasteiger partial charge in [-0.1, -0.05) is 24.3 Å². The highest BCUT2D eigenvalue weighted by atomic mass is 19.1. The average molecular weight is 352 g/mol. The van der Waals surface area contributed by atoms with Crippen LogP contribution in [0.4, 0.5) is 10.1 Å². The Balaban J connectivity index is 1.36. The highest BCUT2D eigenvalue weighted by Gasteiger charge is 2.30. The Labute approximate surface area is 154 Å². The number of piperidine rings is 1. The molecule has 0 radical (unpaired) electrons. The van der Waals surface area contributed by atoms with Crippen molar-refractivity contribution in [2.24, 2.45) is 11.8 Å². The molecule has 1 heterocycles. The van der Waals surface area contributed by atoms with Gasteiger partial charge in [0.05, 0.1) is 5.92 Å². The fourth-order valence-corrected chi connectivity index (χ4v) is 3.76.